The Bertz CT molecular complexity index is 726. The van der Waals surface area contributed by atoms with Gasteiger partial charge in [-0.25, -0.2) is 8.42 Å². The zero-order chi connectivity index (χ0) is 17.3. The molecule has 2 heterocycles. The third kappa shape index (κ3) is 3.21. The van der Waals surface area contributed by atoms with Crippen LogP contribution in [-0.2, 0) is 14.8 Å². The molecule has 0 spiro atoms. The molecular weight excluding hydrogens is 332 g/mol. The predicted octanol–water partition coefficient (Wildman–Crippen LogP) is 1.09. The molecule has 0 bridgehead atoms. The summed E-state index contributed by atoms with van der Waals surface area (Å²) >= 11 is 0. The van der Waals surface area contributed by atoms with E-state index in [4.69, 9.17) is 9.47 Å². The van der Waals surface area contributed by atoms with Crippen LogP contribution in [0.1, 0.15) is 19.8 Å². The maximum absolute atomic E-state index is 12.8. The van der Waals surface area contributed by atoms with E-state index in [9.17, 15) is 13.2 Å². The van der Waals surface area contributed by atoms with Crippen LogP contribution in [0.4, 0.5) is 0 Å². The van der Waals surface area contributed by atoms with Crippen LogP contribution in [0, 0.1) is 0 Å². The molecule has 3 rings (SSSR count). The van der Waals surface area contributed by atoms with Crippen LogP contribution in [0.2, 0.25) is 0 Å². The molecule has 2 aliphatic rings. The Hall–Kier alpha value is -1.80. The smallest absolute Gasteiger partial charge is 0.243 e. The molecule has 132 valence electrons. The van der Waals surface area contributed by atoms with Gasteiger partial charge in [-0.1, -0.05) is 0 Å². The van der Waals surface area contributed by atoms with Gasteiger partial charge in [0.15, 0.2) is 11.5 Å². The number of amides is 1. The molecular formula is C16H22N2O5S. The minimum absolute atomic E-state index is 0.00291. The summed E-state index contributed by atoms with van der Waals surface area (Å²) in [5.41, 5.74) is 0. The number of hydrogen-bond donors (Lipinski definition) is 0. The summed E-state index contributed by atoms with van der Waals surface area (Å²) in [6.07, 6.45) is 1.28. The Morgan fingerprint density at radius 3 is 2.42 bits per heavy atom. The molecule has 0 N–H and O–H groups in total. The predicted molar refractivity (Wildman–Crippen MR) is 87.7 cm³/mol. The van der Waals surface area contributed by atoms with Crippen LogP contribution >= 0.6 is 0 Å². The van der Waals surface area contributed by atoms with Crippen molar-refractivity contribution in [2.75, 3.05) is 33.4 Å². The minimum atomic E-state index is -3.57. The molecule has 0 radical (unpaired) electrons. The Labute approximate surface area is 142 Å². The molecule has 0 saturated carbocycles. The minimum Gasteiger partial charge on any atom is -0.486 e. The van der Waals surface area contributed by atoms with E-state index < -0.39 is 10.0 Å². The van der Waals surface area contributed by atoms with Crippen molar-refractivity contribution in [2.45, 2.75) is 30.7 Å². The molecule has 8 heteroatoms. The van der Waals surface area contributed by atoms with Crippen molar-refractivity contribution in [1.29, 1.82) is 0 Å². The van der Waals surface area contributed by atoms with E-state index in [1.807, 2.05) is 0 Å². The lowest BCUT2D eigenvalue weighted by Gasteiger charge is -2.35. The van der Waals surface area contributed by atoms with Gasteiger partial charge in [-0.15, -0.1) is 0 Å². The quantitative estimate of drug-likeness (QED) is 0.812. The number of rotatable bonds is 3. The van der Waals surface area contributed by atoms with Gasteiger partial charge in [0.05, 0.1) is 4.90 Å². The number of nitrogens with zero attached hydrogens (tertiary/aromatic N) is 2. The van der Waals surface area contributed by atoms with Crippen LogP contribution in [0.5, 0.6) is 11.5 Å². The Kier molecular flexibility index (Phi) is 4.69. The van der Waals surface area contributed by atoms with Gasteiger partial charge in [-0.05, 0) is 25.0 Å². The highest BCUT2D eigenvalue weighted by atomic mass is 32.2. The Morgan fingerprint density at radius 2 is 1.79 bits per heavy atom. The summed E-state index contributed by atoms with van der Waals surface area (Å²) in [4.78, 5) is 13.3. The van der Waals surface area contributed by atoms with E-state index in [-0.39, 0.29) is 16.8 Å². The van der Waals surface area contributed by atoms with E-state index >= 15 is 0 Å². The SMILES string of the molecule is CC(=O)N(C)C1CCN(S(=O)(=O)c2ccc3c(c2)OCCO3)CC1. The first-order valence-electron chi connectivity index (χ1n) is 8.03. The molecule has 0 atom stereocenters. The van der Waals surface area contributed by atoms with Crippen molar-refractivity contribution in [2.24, 2.45) is 0 Å². The van der Waals surface area contributed by atoms with Gasteiger partial charge in [0.2, 0.25) is 15.9 Å². The van der Waals surface area contributed by atoms with Crippen LogP contribution in [0.3, 0.4) is 0 Å². The lowest BCUT2D eigenvalue weighted by Crippen LogP contribution is -2.46. The molecule has 0 aliphatic carbocycles. The van der Waals surface area contributed by atoms with Gasteiger partial charge in [0.1, 0.15) is 13.2 Å². The molecule has 1 amide bonds. The summed E-state index contributed by atoms with van der Waals surface area (Å²) in [7, 11) is -1.81. The highest BCUT2D eigenvalue weighted by Gasteiger charge is 2.32. The monoisotopic (exact) mass is 354 g/mol. The summed E-state index contributed by atoms with van der Waals surface area (Å²) in [6, 6.07) is 4.81. The van der Waals surface area contributed by atoms with Crippen molar-refractivity contribution in [3.8, 4) is 11.5 Å². The second-order valence-electron chi connectivity index (χ2n) is 6.07. The van der Waals surface area contributed by atoms with Crippen LogP contribution in [0.15, 0.2) is 23.1 Å². The highest BCUT2D eigenvalue weighted by Crippen LogP contribution is 2.33. The average molecular weight is 354 g/mol. The van der Waals surface area contributed by atoms with Crippen LogP contribution in [0.25, 0.3) is 0 Å². The summed E-state index contributed by atoms with van der Waals surface area (Å²) in [6.45, 7) is 3.21. The van der Waals surface area contributed by atoms with Crippen molar-refractivity contribution >= 4 is 15.9 Å². The maximum Gasteiger partial charge on any atom is 0.243 e. The van der Waals surface area contributed by atoms with Gasteiger partial charge in [-0.3, -0.25) is 4.79 Å². The topological polar surface area (TPSA) is 76.2 Å². The number of piperidine rings is 1. The number of sulfonamides is 1. The molecule has 0 aromatic heterocycles. The van der Waals surface area contributed by atoms with E-state index in [1.165, 1.54) is 17.3 Å². The first kappa shape index (κ1) is 17.0. The molecule has 24 heavy (non-hydrogen) atoms. The molecule has 0 unspecified atom stereocenters. The summed E-state index contributed by atoms with van der Waals surface area (Å²) in [5, 5.41) is 0. The average Bonchev–Trinajstić information content (AvgIpc) is 2.60. The summed E-state index contributed by atoms with van der Waals surface area (Å²) < 4.78 is 38.0. The molecule has 1 aromatic rings. The van der Waals surface area contributed by atoms with Crippen molar-refractivity contribution in [1.82, 2.24) is 9.21 Å². The Morgan fingerprint density at radius 1 is 1.17 bits per heavy atom. The third-order valence-electron chi connectivity index (χ3n) is 4.62. The maximum atomic E-state index is 12.8. The number of benzene rings is 1. The number of hydrogen-bond acceptors (Lipinski definition) is 5. The second kappa shape index (κ2) is 6.60. The normalized spacial score (nSPS) is 19.1. The standard InChI is InChI=1S/C16H22N2O5S/c1-12(19)17(2)13-5-7-18(8-6-13)24(20,21)14-3-4-15-16(11-14)23-10-9-22-15/h3-4,11,13H,5-10H2,1-2H3. The van der Waals surface area contributed by atoms with Gasteiger partial charge in [-0.2, -0.15) is 4.31 Å². The second-order valence-corrected chi connectivity index (χ2v) is 8.01. The van der Waals surface area contributed by atoms with Gasteiger partial charge >= 0.3 is 0 Å². The lowest BCUT2D eigenvalue weighted by molar-refractivity contribution is -0.130. The molecule has 2 aliphatic heterocycles. The van der Waals surface area contributed by atoms with E-state index in [0.29, 0.717) is 50.6 Å². The first-order valence-corrected chi connectivity index (χ1v) is 9.47. The highest BCUT2D eigenvalue weighted by molar-refractivity contribution is 7.89. The molecule has 1 aromatic carbocycles. The van der Waals surface area contributed by atoms with Gasteiger partial charge in [0.25, 0.3) is 0 Å². The van der Waals surface area contributed by atoms with E-state index in [2.05, 4.69) is 0 Å². The van der Waals surface area contributed by atoms with Crippen molar-refractivity contribution < 1.29 is 22.7 Å². The molecule has 1 saturated heterocycles. The fraction of sp³-hybridized carbons (Fsp3) is 0.562. The third-order valence-corrected chi connectivity index (χ3v) is 6.51. The summed E-state index contributed by atoms with van der Waals surface area (Å²) in [5.74, 6) is 1.04. The lowest BCUT2D eigenvalue weighted by atomic mass is 10.1. The van der Waals surface area contributed by atoms with E-state index in [1.54, 1.807) is 24.1 Å². The van der Waals surface area contributed by atoms with Crippen molar-refractivity contribution in [3.63, 3.8) is 0 Å². The number of ether oxygens (including phenoxy) is 2. The fourth-order valence-corrected chi connectivity index (χ4v) is 4.55. The van der Waals surface area contributed by atoms with E-state index in [0.717, 1.165) is 0 Å². The van der Waals surface area contributed by atoms with Crippen molar-refractivity contribution in [3.05, 3.63) is 18.2 Å². The number of carbonyl (C=O) groups excluding carboxylic acids is 1. The van der Waals surface area contributed by atoms with Crippen LogP contribution in [-0.4, -0.2) is 62.9 Å². The number of carbonyl (C=O) groups is 1. The first-order chi connectivity index (χ1) is 11.4. The van der Waals surface area contributed by atoms with Crippen LogP contribution < -0.4 is 9.47 Å². The zero-order valence-corrected chi connectivity index (χ0v) is 14.7. The molecule has 1 fully saturated rings. The molecule has 7 nitrogen and oxygen atoms in total. The van der Waals surface area contributed by atoms with Gasteiger partial charge in [0, 0.05) is 39.2 Å². The number of fused-ring (bicyclic) bond motifs is 1. The Balaban J connectivity index is 1.74. The largest absolute Gasteiger partial charge is 0.486 e. The zero-order valence-electron chi connectivity index (χ0n) is 13.9. The van der Waals surface area contributed by atoms with Gasteiger partial charge < -0.3 is 14.4 Å². The fourth-order valence-electron chi connectivity index (χ4n) is 3.06.